The minimum atomic E-state index is -4.55. The van der Waals surface area contributed by atoms with Crippen LogP contribution >= 0.6 is 27.3 Å². The number of unbranched alkanes of at least 4 members (excludes halogenated alkanes) is 1. The normalized spacial score (nSPS) is 13.2. The molecule has 1 aromatic heterocycles. The third-order valence-corrected chi connectivity index (χ3v) is 6.77. The zero-order chi connectivity index (χ0) is 14.7. The Morgan fingerprint density at radius 1 is 1.42 bits per heavy atom. The molecule has 0 fully saturated rings. The van der Waals surface area contributed by atoms with Gasteiger partial charge in [0.25, 0.3) is 10.0 Å². The highest BCUT2D eigenvalue weighted by Crippen LogP contribution is 2.32. The Hall–Kier alpha value is -0.120. The van der Waals surface area contributed by atoms with E-state index in [9.17, 15) is 21.6 Å². The zero-order valence-corrected chi connectivity index (χ0v) is 13.3. The quantitative estimate of drug-likeness (QED) is 0.752. The highest BCUT2D eigenvalue weighted by Gasteiger charge is 2.37. The van der Waals surface area contributed by atoms with E-state index >= 15 is 0 Å². The molecule has 9 heteroatoms. The molecule has 1 rings (SSSR count). The summed E-state index contributed by atoms with van der Waals surface area (Å²) in [6.07, 6.45) is -3.54. The van der Waals surface area contributed by atoms with E-state index in [0.29, 0.717) is 21.6 Å². The van der Waals surface area contributed by atoms with Crippen molar-refractivity contribution in [1.82, 2.24) is 4.31 Å². The molecule has 0 saturated carbocycles. The van der Waals surface area contributed by atoms with Crippen molar-refractivity contribution < 1.29 is 21.6 Å². The van der Waals surface area contributed by atoms with E-state index in [0.717, 1.165) is 11.3 Å². The molecule has 0 saturated heterocycles. The lowest BCUT2D eigenvalue weighted by Gasteiger charge is -2.22. The van der Waals surface area contributed by atoms with E-state index in [2.05, 4.69) is 15.9 Å². The fourth-order valence-electron chi connectivity index (χ4n) is 1.40. The molecule has 0 atom stereocenters. The highest BCUT2D eigenvalue weighted by atomic mass is 79.9. The second-order valence-electron chi connectivity index (χ2n) is 3.86. The molecule has 19 heavy (non-hydrogen) atoms. The number of hydrogen-bond acceptors (Lipinski definition) is 3. The Balaban J connectivity index is 3.06. The molecule has 110 valence electrons. The molecule has 0 amide bonds. The average molecular weight is 380 g/mol. The Labute approximate surface area is 122 Å². The summed E-state index contributed by atoms with van der Waals surface area (Å²) in [6, 6.07) is 1.50. The fourth-order valence-corrected chi connectivity index (χ4v) is 5.31. The number of halogens is 4. The first-order chi connectivity index (χ1) is 8.68. The van der Waals surface area contributed by atoms with E-state index < -0.39 is 22.7 Å². The number of rotatable bonds is 6. The van der Waals surface area contributed by atoms with Crippen LogP contribution in [0, 0.1) is 0 Å². The van der Waals surface area contributed by atoms with Crippen LogP contribution in [0.3, 0.4) is 0 Å². The van der Waals surface area contributed by atoms with Gasteiger partial charge in [-0.2, -0.15) is 17.5 Å². The maximum absolute atomic E-state index is 12.5. The summed E-state index contributed by atoms with van der Waals surface area (Å²) in [4.78, 5) is 0. The van der Waals surface area contributed by atoms with Crippen LogP contribution < -0.4 is 0 Å². The van der Waals surface area contributed by atoms with Crippen LogP contribution in [0.25, 0.3) is 0 Å². The number of hydrogen-bond donors (Lipinski definition) is 0. The van der Waals surface area contributed by atoms with Gasteiger partial charge in [0.1, 0.15) is 10.8 Å². The Kier molecular flexibility index (Phi) is 5.84. The lowest BCUT2D eigenvalue weighted by Crippen LogP contribution is -2.39. The SMILES string of the molecule is CCCCN(CC(F)(F)F)S(=O)(=O)c1sccc1Br. The summed E-state index contributed by atoms with van der Waals surface area (Å²) < 4.78 is 62.6. The summed E-state index contributed by atoms with van der Waals surface area (Å²) >= 11 is 3.94. The fraction of sp³-hybridized carbons (Fsp3) is 0.600. The number of alkyl halides is 3. The third kappa shape index (κ3) is 4.73. The van der Waals surface area contributed by atoms with Gasteiger partial charge in [0.2, 0.25) is 0 Å². The first-order valence-corrected chi connectivity index (χ1v) is 8.59. The van der Waals surface area contributed by atoms with Gasteiger partial charge in [-0.05, 0) is 33.8 Å². The van der Waals surface area contributed by atoms with Crippen molar-refractivity contribution >= 4 is 37.3 Å². The first-order valence-electron chi connectivity index (χ1n) is 5.48. The molecular formula is C10H13BrF3NO2S2. The molecule has 0 N–H and O–H groups in total. The topological polar surface area (TPSA) is 37.4 Å². The van der Waals surface area contributed by atoms with Crippen LogP contribution in [0.4, 0.5) is 13.2 Å². The van der Waals surface area contributed by atoms with Crippen molar-refractivity contribution in [1.29, 1.82) is 0 Å². The van der Waals surface area contributed by atoms with E-state index in [4.69, 9.17) is 0 Å². The van der Waals surface area contributed by atoms with Crippen LogP contribution in [0.15, 0.2) is 20.1 Å². The van der Waals surface area contributed by atoms with E-state index in [1.165, 1.54) is 11.4 Å². The first kappa shape index (κ1) is 16.9. The van der Waals surface area contributed by atoms with Gasteiger partial charge in [0, 0.05) is 11.0 Å². The standard InChI is InChI=1S/C10H13BrF3NO2S2/c1-2-3-5-15(7-10(12,13)14)19(16,17)9-8(11)4-6-18-9/h4,6H,2-3,5,7H2,1H3. The summed E-state index contributed by atoms with van der Waals surface area (Å²) in [5.41, 5.74) is 0. The molecule has 0 aliphatic carbocycles. The predicted octanol–water partition coefficient (Wildman–Crippen LogP) is 3.86. The average Bonchev–Trinajstić information content (AvgIpc) is 2.69. The summed E-state index contributed by atoms with van der Waals surface area (Å²) in [5.74, 6) is 0. The molecule has 0 aliphatic rings. The van der Waals surface area contributed by atoms with Gasteiger partial charge in [-0.3, -0.25) is 0 Å². The highest BCUT2D eigenvalue weighted by molar-refractivity contribution is 9.10. The van der Waals surface area contributed by atoms with Crippen molar-refractivity contribution in [2.24, 2.45) is 0 Å². The molecule has 0 spiro atoms. The van der Waals surface area contributed by atoms with E-state index in [1.54, 1.807) is 6.92 Å². The van der Waals surface area contributed by atoms with Crippen LogP contribution in [0.1, 0.15) is 19.8 Å². The molecule has 3 nitrogen and oxygen atoms in total. The van der Waals surface area contributed by atoms with Gasteiger partial charge < -0.3 is 0 Å². The number of nitrogens with zero attached hydrogens (tertiary/aromatic N) is 1. The van der Waals surface area contributed by atoms with Crippen molar-refractivity contribution in [3.05, 3.63) is 15.9 Å². The third-order valence-electron chi connectivity index (χ3n) is 2.28. The van der Waals surface area contributed by atoms with Crippen LogP contribution in [0.5, 0.6) is 0 Å². The number of sulfonamides is 1. The maximum Gasteiger partial charge on any atom is 0.402 e. The second-order valence-corrected chi connectivity index (χ2v) is 7.77. The molecule has 0 bridgehead atoms. The zero-order valence-electron chi connectivity index (χ0n) is 10.1. The predicted molar refractivity (Wildman–Crippen MR) is 71.7 cm³/mol. The van der Waals surface area contributed by atoms with Crippen LogP contribution in [-0.2, 0) is 10.0 Å². The Morgan fingerprint density at radius 2 is 2.05 bits per heavy atom. The van der Waals surface area contributed by atoms with Crippen LogP contribution in [0.2, 0.25) is 0 Å². The van der Waals surface area contributed by atoms with Gasteiger partial charge in [-0.15, -0.1) is 11.3 Å². The van der Waals surface area contributed by atoms with Gasteiger partial charge in [0.15, 0.2) is 0 Å². The van der Waals surface area contributed by atoms with E-state index in [-0.39, 0.29) is 10.8 Å². The largest absolute Gasteiger partial charge is 0.402 e. The molecule has 0 unspecified atom stereocenters. The number of thiophene rings is 1. The lowest BCUT2D eigenvalue weighted by atomic mass is 10.3. The molecule has 1 heterocycles. The Morgan fingerprint density at radius 3 is 2.47 bits per heavy atom. The molecule has 0 radical (unpaired) electrons. The van der Waals surface area contributed by atoms with Gasteiger partial charge in [-0.1, -0.05) is 13.3 Å². The van der Waals surface area contributed by atoms with Crippen molar-refractivity contribution in [3.63, 3.8) is 0 Å². The summed E-state index contributed by atoms with van der Waals surface area (Å²) in [6.45, 7) is 0.196. The molecule has 0 aliphatic heterocycles. The van der Waals surface area contributed by atoms with Gasteiger partial charge in [-0.25, -0.2) is 8.42 Å². The molecular weight excluding hydrogens is 367 g/mol. The maximum atomic E-state index is 12.5. The summed E-state index contributed by atoms with van der Waals surface area (Å²) in [7, 11) is -4.11. The van der Waals surface area contributed by atoms with Gasteiger partial charge >= 0.3 is 6.18 Å². The van der Waals surface area contributed by atoms with Crippen molar-refractivity contribution in [2.45, 2.75) is 30.2 Å². The van der Waals surface area contributed by atoms with Crippen molar-refractivity contribution in [2.75, 3.05) is 13.1 Å². The monoisotopic (exact) mass is 379 g/mol. The van der Waals surface area contributed by atoms with Gasteiger partial charge in [0.05, 0.1) is 0 Å². The van der Waals surface area contributed by atoms with Crippen molar-refractivity contribution in [3.8, 4) is 0 Å². The summed E-state index contributed by atoms with van der Waals surface area (Å²) in [5, 5.41) is 1.52. The lowest BCUT2D eigenvalue weighted by molar-refractivity contribution is -0.136. The molecule has 0 aromatic carbocycles. The smallest absolute Gasteiger partial charge is 0.206 e. The van der Waals surface area contributed by atoms with E-state index in [1.807, 2.05) is 0 Å². The molecule has 1 aromatic rings. The minimum Gasteiger partial charge on any atom is -0.206 e. The van der Waals surface area contributed by atoms with Crippen LogP contribution in [-0.4, -0.2) is 32.0 Å². The minimum absolute atomic E-state index is 0.0900. The second kappa shape index (κ2) is 6.55. The Bertz CT molecular complexity index is 513.